The van der Waals surface area contributed by atoms with E-state index in [1.807, 2.05) is 0 Å². The maximum absolute atomic E-state index is 12.6. The van der Waals surface area contributed by atoms with Crippen LogP contribution in [0.25, 0.3) is 10.4 Å². The van der Waals surface area contributed by atoms with Gasteiger partial charge in [0.2, 0.25) is 0 Å². The van der Waals surface area contributed by atoms with Crippen LogP contribution in [0.2, 0.25) is 0 Å². The van der Waals surface area contributed by atoms with E-state index in [0.29, 0.717) is 83.9 Å². The lowest BCUT2D eigenvalue weighted by Gasteiger charge is -2.62. The molecule has 8 aliphatic rings. The first-order valence-corrected chi connectivity index (χ1v) is 24.7. The van der Waals surface area contributed by atoms with Gasteiger partial charge in [-0.05, 0) is 214 Å². The lowest BCUT2D eigenvalue weighted by Crippen LogP contribution is -2.58. The Hall–Kier alpha value is -1.61. The van der Waals surface area contributed by atoms with Crippen LogP contribution < -0.4 is 0 Å². The topological polar surface area (TPSA) is 144 Å². The molecule has 8 fully saturated rings. The molecule has 0 saturated heterocycles. The Morgan fingerprint density at radius 3 is 1.48 bits per heavy atom. The zero-order valence-electron chi connectivity index (χ0n) is 38.0. The predicted molar refractivity (Wildman–Crippen MR) is 231 cm³/mol. The quantitative estimate of drug-likeness (QED) is 0.108. The number of ketones is 2. The molecular formula is C50H81F2N3O5. The van der Waals surface area contributed by atoms with Crippen molar-refractivity contribution < 1.29 is 33.7 Å². The van der Waals surface area contributed by atoms with E-state index in [0.717, 1.165) is 64.2 Å². The van der Waals surface area contributed by atoms with Crippen LogP contribution in [0, 0.1) is 92.7 Å². The molecule has 0 radical (unpaired) electrons. The Labute approximate surface area is 360 Å². The summed E-state index contributed by atoms with van der Waals surface area (Å²) in [6, 6.07) is 0.0874. The summed E-state index contributed by atoms with van der Waals surface area (Å²) in [5.74, 6) is 5.33. The van der Waals surface area contributed by atoms with Crippen LogP contribution in [0.15, 0.2) is 5.11 Å². The highest BCUT2D eigenvalue weighted by Crippen LogP contribution is 2.70. The number of alkyl halides is 2. The van der Waals surface area contributed by atoms with Crippen molar-refractivity contribution in [2.75, 3.05) is 13.3 Å². The summed E-state index contributed by atoms with van der Waals surface area (Å²) in [6.07, 6.45) is 18.6. The number of Topliss-reactive ketones (excluding diaryl/α,β-unsaturated/α-hetero) is 2. The van der Waals surface area contributed by atoms with E-state index in [2.05, 4.69) is 51.6 Å². The van der Waals surface area contributed by atoms with Crippen molar-refractivity contribution in [3.05, 3.63) is 10.4 Å². The third kappa shape index (κ3) is 8.18. The van der Waals surface area contributed by atoms with Crippen molar-refractivity contribution in [3.8, 4) is 0 Å². The van der Waals surface area contributed by atoms with E-state index in [-0.39, 0.29) is 57.6 Å². The van der Waals surface area contributed by atoms with E-state index in [9.17, 15) is 33.7 Å². The predicted octanol–water partition coefficient (Wildman–Crippen LogP) is 11.2. The highest BCUT2D eigenvalue weighted by atomic mass is 19.1. The molecule has 0 amide bonds. The lowest BCUT2D eigenvalue weighted by molar-refractivity contribution is -0.174. The van der Waals surface area contributed by atoms with Crippen molar-refractivity contribution in [2.24, 2.45) is 97.8 Å². The maximum Gasteiger partial charge on any atom is 0.163 e. The molecule has 8 saturated carbocycles. The average molecular weight is 842 g/mol. The van der Waals surface area contributed by atoms with Gasteiger partial charge in [0.15, 0.2) is 11.6 Å². The van der Waals surface area contributed by atoms with Crippen LogP contribution in [0.1, 0.15) is 170 Å². The second-order valence-electron chi connectivity index (χ2n) is 23.5. The molecule has 340 valence electrons. The second-order valence-corrected chi connectivity index (χ2v) is 23.5. The van der Waals surface area contributed by atoms with E-state index >= 15 is 0 Å². The Kier molecular flexibility index (Phi) is 14.0. The molecule has 0 aromatic rings. The minimum Gasteiger partial charge on any atom is -0.393 e. The van der Waals surface area contributed by atoms with Gasteiger partial charge in [0.05, 0.1) is 18.3 Å². The fourth-order valence-corrected chi connectivity index (χ4v) is 17.8. The minimum absolute atomic E-state index is 0.0874. The fourth-order valence-electron chi connectivity index (χ4n) is 17.8. The molecular weight excluding hydrogens is 761 g/mol. The van der Waals surface area contributed by atoms with E-state index in [1.54, 1.807) is 0 Å². The number of fused-ring (bicyclic) bond motifs is 10. The third-order valence-electron chi connectivity index (χ3n) is 21.1. The number of azide groups is 1. The summed E-state index contributed by atoms with van der Waals surface area (Å²) in [4.78, 5) is 26.1. The van der Waals surface area contributed by atoms with Gasteiger partial charge in [-0.2, -0.15) is 0 Å². The Balaban J connectivity index is 0.000000182. The second kappa shape index (κ2) is 18.1. The van der Waals surface area contributed by atoms with Crippen LogP contribution >= 0.6 is 0 Å². The van der Waals surface area contributed by atoms with Gasteiger partial charge in [-0.1, -0.05) is 46.7 Å². The summed E-state index contributed by atoms with van der Waals surface area (Å²) in [6.45, 7) is 12.6. The van der Waals surface area contributed by atoms with Crippen molar-refractivity contribution in [2.45, 2.75) is 194 Å². The number of carbonyl (C=O) groups is 2. The summed E-state index contributed by atoms with van der Waals surface area (Å²) < 4.78 is 25.2. The van der Waals surface area contributed by atoms with E-state index < -0.39 is 13.3 Å². The van der Waals surface area contributed by atoms with Gasteiger partial charge >= 0.3 is 0 Å². The number of halogens is 2. The average Bonchev–Trinajstić information content (AvgIpc) is 3.77. The van der Waals surface area contributed by atoms with Crippen molar-refractivity contribution >= 4 is 11.6 Å². The van der Waals surface area contributed by atoms with Crippen LogP contribution in [0.5, 0.6) is 0 Å². The van der Waals surface area contributed by atoms with Gasteiger partial charge in [0, 0.05) is 23.8 Å². The number of carbonyl (C=O) groups excluding carboxylic acids is 2. The smallest absolute Gasteiger partial charge is 0.163 e. The van der Waals surface area contributed by atoms with Crippen LogP contribution in [-0.2, 0) is 9.59 Å². The molecule has 8 nitrogen and oxygen atoms in total. The highest BCUT2D eigenvalue weighted by molar-refractivity contribution is 5.79. The van der Waals surface area contributed by atoms with E-state index in [4.69, 9.17) is 5.53 Å². The van der Waals surface area contributed by atoms with Crippen molar-refractivity contribution in [1.29, 1.82) is 0 Å². The zero-order valence-corrected chi connectivity index (χ0v) is 38.0. The summed E-state index contributed by atoms with van der Waals surface area (Å²) in [7, 11) is 0. The standard InChI is InChI=1S/C25H40FN3O2.C25H41FO3/c1-15(4-5-18(30)14-26)19-6-7-20-23-21(9-11-25(19,20)3)24(2)10-8-17(28-29-27)12-16(24)13-22(23)31;1-15(4-5-18(28)14-26)19-6-7-20-23-21(9-11-25(19,20)3)24(2)10-8-17(27)12-16(24)13-22(23)29/h15-17,19-23,31H,4-14H2,1-3H3;15-17,19-23,27,29H,4-14H2,1-3H3/t2*15-,16+,17-,19-,20+,21+,22-,23+,24+,25-/m11/s1. The van der Waals surface area contributed by atoms with Gasteiger partial charge in [0.1, 0.15) is 13.3 Å². The number of rotatable bonds is 11. The molecule has 0 spiro atoms. The Morgan fingerprint density at radius 2 is 1.03 bits per heavy atom. The molecule has 0 aromatic heterocycles. The number of nitrogens with zero attached hydrogens (tertiary/aromatic N) is 3. The molecule has 8 aliphatic carbocycles. The summed E-state index contributed by atoms with van der Waals surface area (Å²) in [5, 5.41) is 36.9. The molecule has 0 unspecified atom stereocenters. The number of aliphatic hydroxyl groups excluding tert-OH is 3. The normalized spacial score (nSPS) is 48.9. The molecule has 20 atom stereocenters. The molecule has 0 heterocycles. The molecule has 3 N–H and O–H groups in total. The first-order chi connectivity index (χ1) is 28.4. The Bertz CT molecular complexity index is 1590. The molecule has 60 heavy (non-hydrogen) atoms. The molecule has 8 rings (SSSR count). The first kappa shape index (κ1) is 46.4. The van der Waals surface area contributed by atoms with Crippen molar-refractivity contribution in [3.63, 3.8) is 0 Å². The minimum atomic E-state index is -0.840. The Morgan fingerprint density at radius 1 is 0.617 bits per heavy atom. The molecule has 0 aliphatic heterocycles. The van der Waals surface area contributed by atoms with Gasteiger partial charge in [-0.25, -0.2) is 8.78 Å². The van der Waals surface area contributed by atoms with Gasteiger partial charge in [0.25, 0.3) is 0 Å². The first-order valence-electron chi connectivity index (χ1n) is 24.7. The van der Waals surface area contributed by atoms with Crippen LogP contribution in [0.4, 0.5) is 8.78 Å². The fraction of sp³-hybridized carbons (Fsp3) is 0.960. The van der Waals surface area contributed by atoms with E-state index in [1.165, 1.54) is 51.4 Å². The number of hydrogen-bond donors (Lipinski definition) is 3. The van der Waals surface area contributed by atoms with Gasteiger partial charge in [-0.3, -0.25) is 9.59 Å². The monoisotopic (exact) mass is 842 g/mol. The summed E-state index contributed by atoms with van der Waals surface area (Å²) >= 11 is 0. The summed E-state index contributed by atoms with van der Waals surface area (Å²) in [5.41, 5.74) is 9.83. The largest absolute Gasteiger partial charge is 0.393 e. The van der Waals surface area contributed by atoms with Crippen LogP contribution in [0.3, 0.4) is 0 Å². The van der Waals surface area contributed by atoms with Crippen LogP contribution in [-0.4, -0.2) is 64.6 Å². The molecule has 0 aromatic carbocycles. The molecule has 0 bridgehead atoms. The third-order valence-corrected chi connectivity index (χ3v) is 21.1. The maximum atomic E-state index is 12.6. The number of hydrogen-bond acceptors (Lipinski definition) is 6. The van der Waals surface area contributed by atoms with Gasteiger partial charge in [-0.15, -0.1) is 0 Å². The SMILES string of the molecule is C[C@H](CCC(=O)CF)[C@H]1CC[C@H]2[C@@H]3[C@H](O)C[C@@H]4C[C@H](N=[N+]=[N-])CC[C@]4(C)[C@H]3CC[C@]12C.C[C@H](CCC(=O)CF)[C@H]1CC[C@H]2[C@@H]3[C@H](O)C[C@@H]4C[C@H](O)CC[C@]4(C)[C@H]3CC[C@]12C. The van der Waals surface area contributed by atoms with Gasteiger partial charge < -0.3 is 15.3 Å². The lowest BCUT2D eigenvalue weighted by atomic mass is 9.43. The van der Waals surface area contributed by atoms with Crippen molar-refractivity contribution in [1.82, 2.24) is 0 Å². The highest BCUT2D eigenvalue weighted by Gasteiger charge is 2.64. The number of aliphatic hydroxyl groups is 3. The zero-order chi connectivity index (χ0) is 43.4. The molecule has 10 heteroatoms.